The number of amides is 2. The van der Waals surface area contributed by atoms with E-state index in [0.717, 1.165) is 66.5 Å². The molecular weight excluding hydrogens is 498 g/mol. The number of aromatic nitrogens is 1. The number of rotatable bonds is 6. The third-order valence-electron chi connectivity index (χ3n) is 8.95. The summed E-state index contributed by atoms with van der Waals surface area (Å²) in [4.78, 5) is 37.2. The Kier molecular flexibility index (Phi) is 8.40. The minimum Gasteiger partial charge on any atom is -0.354 e. The molecule has 1 atom stereocenters. The van der Waals surface area contributed by atoms with Gasteiger partial charge in [0.1, 0.15) is 6.04 Å². The van der Waals surface area contributed by atoms with Gasteiger partial charge in [0.15, 0.2) is 0 Å². The van der Waals surface area contributed by atoms with Crippen LogP contribution in [-0.2, 0) is 11.3 Å². The predicted octanol–water partition coefficient (Wildman–Crippen LogP) is 4.75. The molecule has 3 aliphatic heterocycles. The van der Waals surface area contributed by atoms with Crippen molar-refractivity contribution in [1.29, 1.82) is 0 Å². The molecule has 7 heteroatoms. The second kappa shape index (κ2) is 12.5. The molecule has 0 bridgehead atoms. The highest BCUT2D eigenvalue weighted by Crippen LogP contribution is 2.33. The minimum absolute atomic E-state index is 0.0890. The average Bonchev–Trinajstić information content (AvgIpc) is 3.21. The first-order valence-corrected chi connectivity index (χ1v) is 15.2. The predicted molar refractivity (Wildman–Crippen MR) is 159 cm³/mol. The largest absolute Gasteiger partial charge is 0.354 e. The van der Waals surface area contributed by atoms with Gasteiger partial charge in [-0.2, -0.15) is 0 Å². The number of hydrogen-bond acceptors (Lipinski definition) is 5. The minimum atomic E-state index is -0.518. The molecular formula is C33H41N5O2. The first kappa shape index (κ1) is 26.9. The molecule has 1 aromatic heterocycles. The first-order chi connectivity index (χ1) is 19.7. The van der Waals surface area contributed by atoms with Crippen LogP contribution in [0.1, 0.15) is 67.3 Å². The molecule has 3 saturated heterocycles. The van der Waals surface area contributed by atoms with Crippen LogP contribution in [0.4, 0.5) is 0 Å². The Bertz CT molecular complexity index is 1330. The molecule has 0 aliphatic carbocycles. The van der Waals surface area contributed by atoms with E-state index in [-0.39, 0.29) is 11.8 Å². The zero-order chi connectivity index (χ0) is 27.3. The number of fused-ring (bicyclic) bond motifs is 1. The number of carbonyl (C=O) groups excluding carboxylic acids is 2. The second-order valence-corrected chi connectivity index (χ2v) is 11.6. The van der Waals surface area contributed by atoms with Crippen molar-refractivity contribution >= 4 is 22.7 Å². The van der Waals surface area contributed by atoms with Crippen molar-refractivity contribution < 1.29 is 9.59 Å². The molecule has 40 heavy (non-hydrogen) atoms. The average molecular weight is 540 g/mol. The molecule has 2 aromatic carbocycles. The Morgan fingerprint density at radius 3 is 2.42 bits per heavy atom. The molecule has 4 heterocycles. The number of nitrogens with zero attached hydrogens (tertiary/aromatic N) is 3. The Balaban J connectivity index is 1.35. The summed E-state index contributed by atoms with van der Waals surface area (Å²) in [5.41, 5.74) is 4.26. The zero-order valence-corrected chi connectivity index (χ0v) is 23.4. The van der Waals surface area contributed by atoms with E-state index in [1.807, 2.05) is 42.5 Å². The van der Waals surface area contributed by atoms with Crippen LogP contribution in [0.2, 0.25) is 0 Å². The fraction of sp³-hybridized carbons (Fsp3) is 0.485. The van der Waals surface area contributed by atoms with Gasteiger partial charge in [0.25, 0.3) is 5.91 Å². The lowest BCUT2D eigenvalue weighted by atomic mass is 9.94. The quantitative estimate of drug-likeness (QED) is 0.473. The summed E-state index contributed by atoms with van der Waals surface area (Å²) in [5, 5.41) is 6.92. The van der Waals surface area contributed by atoms with Crippen LogP contribution in [0, 0.1) is 0 Å². The normalized spacial score (nSPS) is 21.6. The monoisotopic (exact) mass is 539 g/mol. The van der Waals surface area contributed by atoms with Crippen molar-refractivity contribution in [1.82, 2.24) is 25.4 Å². The van der Waals surface area contributed by atoms with E-state index >= 15 is 0 Å². The molecule has 7 nitrogen and oxygen atoms in total. The maximum atomic E-state index is 14.1. The lowest BCUT2D eigenvalue weighted by Gasteiger charge is -2.40. The molecule has 2 N–H and O–H groups in total. The number of benzene rings is 2. The fourth-order valence-corrected chi connectivity index (χ4v) is 6.76. The van der Waals surface area contributed by atoms with Gasteiger partial charge in [-0.1, -0.05) is 55.0 Å². The Hall–Kier alpha value is -3.29. The molecule has 2 amide bonds. The summed E-state index contributed by atoms with van der Waals surface area (Å²) in [5.74, 6) is -0.273. The third-order valence-corrected chi connectivity index (χ3v) is 8.95. The van der Waals surface area contributed by atoms with Crippen LogP contribution in [-0.4, -0.2) is 71.4 Å². The summed E-state index contributed by atoms with van der Waals surface area (Å²) >= 11 is 0. The molecule has 0 radical (unpaired) electrons. The van der Waals surface area contributed by atoms with Crippen LogP contribution in [0.3, 0.4) is 0 Å². The molecule has 210 valence electrons. The molecule has 3 aromatic rings. The summed E-state index contributed by atoms with van der Waals surface area (Å²) < 4.78 is 0. The fourth-order valence-electron chi connectivity index (χ4n) is 6.76. The highest BCUT2D eigenvalue weighted by atomic mass is 16.2. The van der Waals surface area contributed by atoms with Crippen molar-refractivity contribution in [2.24, 2.45) is 0 Å². The SMILES string of the molecule is O=C(NC1CCCCNC1=O)c1c(CN2CCC(N3CCCCC3)CC2)c(-c2ccccc2)nc2ccccc12. The van der Waals surface area contributed by atoms with Crippen molar-refractivity contribution in [3.05, 3.63) is 65.7 Å². The second-order valence-electron chi connectivity index (χ2n) is 11.6. The van der Waals surface area contributed by atoms with E-state index in [1.165, 1.54) is 32.4 Å². The van der Waals surface area contributed by atoms with Crippen molar-refractivity contribution in [3.8, 4) is 11.3 Å². The van der Waals surface area contributed by atoms with Crippen LogP contribution < -0.4 is 10.6 Å². The van der Waals surface area contributed by atoms with E-state index < -0.39 is 6.04 Å². The number of likely N-dealkylation sites (tertiary alicyclic amines) is 2. The van der Waals surface area contributed by atoms with Crippen LogP contribution in [0.15, 0.2) is 54.6 Å². The van der Waals surface area contributed by atoms with E-state index in [9.17, 15) is 9.59 Å². The van der Waals surface area contributed by atoms with Gasteiger partial charge >= 0.3 is 0 Å². The number of nitrogens with one attached hydrogen (secondary N) is 2. The first-order valence-electron chi connectivity index (χ1n) is 15.2. The van der Waals surface area contributed by atoms with E-state index in [0.29, 0.717) is 31.1 Å². The summed E-state index contributed by atoms with van der Waals surface area (Å²) in [7, 11) is 0. The van der Waals surface area contributed by atoms with E-state index in [1.54, 1.807) is 0 Å². The highest BCUT2D eigenvalue weighted by Gasteiger charge is 2.30. The Morgan fingerprint density at radius 1 is 0.875 bits per heavy atom. The maximum Gasteiger partial charge on any atom is 0.253 e. The summed E-state index contributed by atoms with van der Waals surface area (Å²) in [6, 6.07) is 18.2. The molecule has 0 saturated carbocycles. The van der Waals surface area contributed by atoms with Gasteiger partial charge in [0.05, 0.1) is 16.8 Å². The number of piperidine rings is 2. The number of para-hydroxylation sites is 1. The van der Waals surface area contributed by atoms with Crippen molar-refractivity contribution in [2.75, 3.05) is 32.7 Å². The van der Waals surface area contributed by atoms with Gasteiger partial charge in [0.2, 0.25) is 5.91 Å². The van der Waals surface area contributed by atoms with E-state index in [2.05, 4.69) is 32.6 Å². The molecule has 3 aliphatic rings. The van der Waals surface area contributed by atoms with Gasteiger partial charge < -0.3 is 15.5 Å². The molecule has 3 fully saturated rings. The lowest BCUT2D eigenvalue weighted by molar-refractivity contribution is -0.122. The van der Waals surface area contributed by atoms with Crippen LogP contribution in [0.25, 0.3) is 22.2 Å². The van der Waals surface area contributed by atoms with E-state index in [4.69, 9.17) is 4.98 Å². The standard InChI is InChI=1S/C33H41N5O2/c39-32-29(15-7-8-18-34-32)36-33(40)30-26-13-5-6-14-28(26)35-31(24-11-3-1-4-12-24)27(30)23-37-21-16-25(17-22-37)38-19-9-2-10-20-38/h1,3-6,11-14,25,29H,2,7-10,15-23H2,(H,34,39)(H,36,40). The molecule has 1 unspecified atom stereocenters. The van der Waals surface area contributed by atoms with Gasteiger partial charge in [-0.15, -0.1) is 0 Å². The summed E-state index contributed by atoms with van der Waals surface area (Å²) in [6.45, 7) is 5.81. The molecule has 6 rings (SSSR count). The van der Waals surface area contributed by atoms with Gasteiger partial charge in [-0.25, -0.2) is 4.98 Å². The highest BCUT2D eigenvalue weighted by molar-refractivity contribution is 6.10. The van der Waals surface area contributed by atoms with Gasteiger partial charge in [-0.3, -0.25) is 14.5 Å². The Morgan fingerprint density at radius 2 is 1.62 bits per heavy atom. The number of carbonyl (C=O) groups is 2. The Labute approximate surface area is 237 Å². The van der Waals surface area contributed by atoms with Crippen LogP contribution >= 0.6 is 0 Å². The molecule has 0 spiro atoms. The smallest absolute Gasteiger partial charge is 0.253 e. The summed E-state index contributed by atoms with van der Waals surface area (Å²) in [6.07, 6.45) is 8.83. The van der Waals surface area contributed by atoms with Gasteiger partial charge in [0, 0.05) is 35.6 Å². The maximum absolute atomic E-state index is 14.1. The zero-order valence-electron chi connectivity index (χ0n) is 23.4. The van der Waals surface area contributed by atoms with Gasteiger partial charge in [-0.05, 0) is 77.2 Å². The topological polar surface area (TPSA) is 77.6 Å². The number of hydrogen-bond donors (Lipinski definition) is 2. The third kappa shape index (κ3) is 5.91. The van der Waals surface area contributed by atoms with Crippen molar-refractivity contribution in [2.45, 2.75) is 70.0 Å². The van der Waals surface area contributed by atoms with Crippen LogP contribution in [0.5, 0.6) is 0 Å². The lowest BCUT2D eigenvalue weighted by Crippen LogP contribution is -2.47. The van der Waals surface area contributed by atoms with Crippen molar-refractivity contribution in [3.63, 3.8) is 0 Å². The number of pyridine rings is 1.